The van der Waals surface area contributed by atoms with E-state index in [1.807, 2.05) is 0 Å². The molecule has 0 aliphatic rings. The van der Waals surface area contributed by atoms with Crippen molar-refractivity contribution in [3.8, 4) is 0 Å². The fraction of sp³-hybridized carbons (Fsp3) is 0.857. The van der Waals surface area contributed by atoms with E-state index in [4.69, 9.17) is 10.2 Å². The number of aliphatic hydroxyl groups excluding tert-OH is 2. The standard InChI is InChI=1S/C7H14O4/c1-3-11-7(10)4-6(9)5(2)8/h5-6,8-9H,3-4H2,1-2H3/t5-,6?/m0/s1. The average molecular weight is 162 g/mol. The summed E-state index contributed by atoms with van der Waals surface area (Å²) >= 11 is 0. The van der Waals surface area contributed by atoms with Gasteiger partial charge in [-0.3, -0.25) is 4.79 Å². The van der Waals surface area contributed by atoms with Crippen LogP contribution in [0.4, 0.5) is 0 Å². The van der Waals surface area contributed by atoms with Crippen molar-refractivity contribution in [3.05, 3.63) is 0 Å². The van der Waals surface area contributed by atoms with E-state index in [1.165, 1.54) is 6.92 Å². The van der Waals surface area contributed by atoms with Crippen LogP contribution in [0, 0.1) is 0 Å². The summed E-state index contributed by atoms with van der Waals surface area (Å²) in [6.07, 6.45) is -2.06. The Morgan fingerprint density at radius 1 is 1.55 bits per heavy atom. The molecule has 0 amide bonds. The molecule has 2 N–H and O–H groups in total. The molecule has 1 unspecified atom stereocenters. The van der Waals surface area contributed by atoms with Gasteiger partial charge < -0.3 is 14.9 Å². The molecule has 0 heterocycles. The van der Waals surface area contributed by atoms with Crippen molar-refractivity contribution in [2.24, 2.45) is 0 Å². The Labute approximate surface area is 65.8 Å². The van der Waals surface area contributed by atoms with Gasteiger partial charge in [-0.25, -0.2) is 0 Å². The Hall–Kier alpha value is -0.610. The first-order valence-electron chi connectivity index (χ1n) is 3.59. The Kier molecular flexibility index (Phi) is 4.81. The lowest BCUT2D eigenvalue weighted by Crippen LogP contribution is -2.26. The summed E-state index contributed by atoms with van der Waals surface area (Å²) in [7, 11) is 0. The number of rotatable bonds is 4. The molecular weight excluding hydrogens is 148 g/mol. The zero-order chi connectivity index (χ0) is 8.85. The number of hydrogen-bond acceptors (Lipinski definition) is 4. The predicted octanol–water partition coefficient (Wildman–Crippen LogP) is -0.319. The molecule has 11 heavy (non-hydrogen) atoms. The minimum absolute atomic E-state index is 0.147. The Bertz CT molecular complexity index is 122. The first-order chi connectivity index (χ1) is 5.07. The Morgan fingerprint density at radius 3 is 2.45 bits per heavy atom. The zero-order valence-electron chi connectivity index (χ0n) is 6.78. The number of aliphatic hydroxyl groups is 2. The highest BCUT2D eigenvalue weighted by molar-refractivity contribution is 5.69. The fourth-order valence-corrected chi connectivity index (χ4v) is 0.561. The normalized spacial score (nSPS) is 15.6. The summed E-state index contributed by atoms with van der Waals surface area (Å²) in [5.74, 6) is -0.485. The van der Waals surface area contributed by atoms with Gasteiger partial charge in [-0.05, 0) is 13.8 Å². The van der Waals surface area contributed by atoms with E-state index >= 15 is 0 Å². The van der Waals surface area contributed by atoms with Crippen LogP contribution in [-0.4, -0.2) is 35.0 Å². The quantitative estimate of drug-likeness (QED) is 0.556. The number of ether oxygens (including phenoxy) is 1. The van der Waals surface area contributed by atoms with Crippen molar-refractivity contribution in [1.82, 2.24) is 0 Å². The molecule has 66 valence electrons. The molecule has 0 saturated carbocycles. The second kappa shape index (κ2) is 5.09. The van der Waals surface area contributed by atoms with Crippen molar-refractivity contribution in [2.75, 3.05) is 6.61 Å². The van der Waals surface area contributed by atoms with Gasteiger partial charge in [0.15, 0.2) is 0 Å². The van der Waals surface area contributed by atoms with Gasteiger partial charge in [0, 0.05) is 0 Å². The van der Waals surface area contributed by atoms with Crippen LogP contribution in [0.3, 0.4) is 0 Å². The average Bonchev–Trinajstić information content (AvgIpc) is 1.87. The molecule has 0 bridgehead atoms. The zero-order valence-corrected chi connectivity index (χ0v) is 6.78. The van der Waals surface area contributed by atoms with Gasteiger partial charge in [0.1, 0.15) is 0 Å². The third kappa shape index (κ3) is 4.75. The van der Waals surface area contributed by atoms with Crippen LogP contribution >= 0.6 is 0 Å². The van der Waals surface area contributed by atoms with Gasteiger partial charge >= 0.3 is 5.97 Å². The smallest absolute Gasteiger partial charge is 0.308 e. The second-order valence-corrected chi connectivity index (χ2v) is 2.32. The summed E-state index contributed by atoms with van der Waals surface area (Å²) in [5.41, 5.74) is 0. The SMILES string of the molecule is CCOC(=O)CC(O)[C@H](C)O. The summed E-state index contributed by atoms with van der Waals surface area (Å²) in [4.78, 5) is 10.7. The van der Waals surface area contributed by atoms with E-state index in [0.717, 1.165) is 0 Å². The molecule has 4 heteroatoms. The maximum absolute atomic E-state index is 10.7. The monoisotopic (exact) mass is 162 g/mol. The van der Waals surface area contributed by atoms with Gasteiger partial charge in [0.05, 0.1) is 25.2 Å². The Balaban J connectivity index is 3.57. The van der Waals surface area contributed by atoms with Gasteiger partial charge in [-0.15, -0.1) is 0 Å². The molecule has 0 fully saturated rings. The van der Waals surface area contributed by atoms with Crippen molar-refractivity contribution < 1.29 is 19.7 Å². The summed E-state index contributed by atoms with van der Waals surface area (Å²) in [5, 5.41) is 17.8. The fourth-order valence-electron chi connectivity index (χ4n) is 0.561. The molecule has 0 aliphatic heterocycles. The van der Waals surface area contributed by atoms with Crippen LogP contribution < -0.4 is 0 Å². The lowest BCUT2D eigenvalue weighted by atomic mass is 10.2. The minimum Gasteiger partial charge on any atom is -0.466 e. The maximum atomic E-state index is 10.7. The molecule has 0 rings (SSSR count). The topological polar surface area (TPSA) is 66.8 Å². The van der Waals surface area contributed by atoms with Crippen LogP contribution in [-0.2, 0) is 9.53 Å². The number of carbonyl (C=O) groups excluding carboxylic acids is 1. The highest BCUT2D eigenvalue weighted by Gasteiger charge is 2.15. The van der Waals surface area contributed by atoms with Crippen LogP contribution in [0.1, 0.15) is 20.3 Å². The summed E-state index contributed by atoms with van der Waals surface area (Å²) in [6.45, 7) is 3.40. The third-order valence-electron chi connectivity index (χ3n) is 1.24. The largest absolute Gasteiger partial charge is 0.466 e. The van der Waals surface area contributed by atoms with Crippen LogP contribution in [0.5, 0.6) is 0 Å². The molecule has 0 radical (unpaired) electrons. The van der Waals surface area contributed by atoms with E-state index in [0.29, 0.717) is 6.61 Å². The van der Waals surface area contributed by atoms with E-state index in [1.54, 1.807) is 6.92 Å². The van der Waals surface area contributed by atoms with Crippen LogP contribution in [0.2, 0.25) is 0 Å². The molecule has 0 aliphatic carbocycles. The molecule has 2 atom stereocenters. The molecular formula is C7H14O4. The van der Waals surface area contributed by atoms with Crippen molar-refractivity contribution >= 4 is 5.97 Å². The van der Waals surface area contributed by atoms with E-state index in [-0.39, 0.29) is 6.42 Å². The van der Waals surface area contributed by atoms with Crippen molar-refractivity contribution in [1.29, 1.82) is 0 Å². The van der Waals surface area contributed by atoms with Gasteiger partial charge in [-0.1, -0.05) is 0 Å². The van der Waals surface area contributed by atoms with E-state index in [2.05, 4.69) is 4.74 Å². The maximum Gasteiger partial charge on any atom is 0.308 e. The minimum atomic E-state index is -1.02. The summed E-state index contributed by atoms with van der Waals surface area (Å²) in [6, 6.07) is 0. The number of hydrogen-bond donors (Lipinski definition) is 2. The number of esters is 1. The second-order valence-electron chi connectivity index (χ2n) is 2.32. The first kappa shape index (κ1) is 10.4. The van der Waals surface area contributed by atoms with E-state index < -0.39 is 18.2 Å². The lowest BCUT2D eigenvalue weighted by Gasteiger charge is -2.11. The van der Waals surface area contributed by atoms with Crippen LogP contribution in [0.15, 0.2) is 0 Å². The third-order valence-corrected chi connectivity index (χ3v) is 1.24. The highest BCUT2D eigenvalue weighted by atomic mass is 16.5. The van der Waals surface area contributed by atoms with E-state index in [9.17, 15) is 4.79 Å². The first-order valence-corrected chi connectivity index (χ1v) is 3.59. The van der Waals surface area contributed by atoms with Crippen molar-refractivity contribution in [3.63, 3.8) is 0 Å². The van der Waals surface area contributed by atoms with Gasteiger partial charge in [-0.2, -0.15) is 0 Å². The van der Waals surface area contributed by atoms with Gasteiger partial charge in [0.2, 0.25) is 0 Å². The molecule has 0 spiro atoms. The summed E-state index contributed by atoms with van der Waals surface area (Å²) < 4.78 is 4.55. The molecule has 0 aromatic heterocycles. The number of carbonyl (C=O) groups is 1. The highest BCUT2D eigenvalue weighted by Crippen LogP contribution is 1.99. The van der Waals surface area contributed by atoms with Gasteiger partial charge in [0.25, 0.3) is 0 Å². The molecule has 0 aromatic carbocycles. The van der Waals surface area contributed by atoms with Crippen molar-refractivity contribution in [2.45, 2.75) is 32.5 Å². The molecule has 4 nitrogen and oxygen atoms in total. The lowest BCUT2D eigenvalue weighted by molar-refractivity contribution is -0.146. The molecule has 0 aromatic rings. The molecule has 0 saturated heterocycles. The van der Waals surface area contributed by atoms with Crippen LogP contribution in [0.25, 0.3) is 0 Å². The Morgan fingerprint density at radius 2 is 2.09 bits per heavy atom. The predicted molar refractivity (Wildman–Crippen MR) is 38.9 cm³/mol.